The molecule has 0 bridgehead atoms. The van der Waals surface area contributed by atoms with Gasteiger partial charge in [-0.2, -0.15) is 0 Å². The van der Waals surface area contributed by atoms with Gasteiger partial charge in [0.25, 0.3) is 0 Å². The zero-order valence-electron chi connectivity index (χ0n) is 11.3. The van der Waals surface area contributed by atoms with E-state index >= 15 is 0 Å². The first-order valence-corrected chi connectivity index (χ1v) is 9.41. The molecule has 0 saturated heterocycles. The summed E-state index contributed by atoms with van der Waals surface area (Å²) in [6.07, 6.45) is 2.57. The van der Waals surface area contributed by atoms with Crippen molar-refractivity contribution in [2.75, 3.05) is 7.11 Å². The monoisotopic (exact) mass is 425 g/mol. The van der Waals surface area contributed by atoms with E-state index in [-0.39, 0.29) is 17.0 Å². The van der Waals surface area contributed by atoms with Gasteiger partial charge in [0.1, 0.15) is 0 Å². The Morgan fingerprint density at radius 1 is 1.25 bits per heavy atom. The van der Waals surface area contributed by atoms with Crippen LogP contribution in [0.15, 0.2) is 26.0 Å². The molecule has 1 N–H and O–H groups in total. The molecule has 2 unspecified atom stereocenters. The Labute approximate surface area is 136 Å². The summed E-state index contributed by atoms with van der Waals surface area (Å²) in [4.78, 5) is 0.260. The average molecular weight is 427 g/mol. The molecule has 0 aromatic heterocycles. The van der Waals surface area contributed by atoms with Crippen molar-refractivity contribution in [2.24, 2.45) is 0 Å². The zero-order valence-corrected chi connectivity index (χ0v) is 15.3. The molecule has 1 saturated carbocycles. The minimum absolute atomic E-state index is 0.0584. The number of sulfonamides is 1. The Balaban J connectivity index is 2.21. The first-order chi connectivity index (χ1) is 9.33. The Morgan fingerprint density at radius 2 is 1.95 bits per heavy atom. The van der Waals surface area contributed by atoms with Crippen LogP contribution in [0.4, 0.5) is 0 Å². The third-order valence-corrected chi connectivity index (χ3v) is 6.88. The topological polar surface area (TPSA) is 55.4 Å². The van der Waals surface area contributed by atoms with Crippen LogP contribution in [-0.2, 0) is 14.8 Å². The predicted molar refractivity (Wildman–Crippen MR) is 85.3 cm³/mol. The van der Waals surface area contributed by atoms with Crippen LogP contribution in [0.25, 0.3) is 0 Å². The summed E-state index contributed by atoms with van der Waals surface area (Å²) >= 11 is 6.70. The molecular formula is C13H17Br2NO3S. The largest absolute Gasteiger partial charge is 0.381 e. The van der Waals surface area contributed by atoms with Gasteiger partial charge in [-0.25, -0.2) is 13.1 Å². The quantitative estimate of drug-likeness (QED) is 0.802. The molecule has 0 spiro atoms. The zero-order chi connectivity index (χ0) is 14.9. The molecule has 20 heavy (non-hydrogen) atoms. The van der Waals surface area contributed by atoms with E-state index in [0.717, 1.165) is 29.3 Å². The van der Waals surface area contributed by atoms with Crippen LogP contribution < -0.4 is 4.72 Å². The number of hydrogen-bond acceptors (Lipinski definition) is 3. The van der Waals surface area contributed by atoms with Crippen LogP contribution in [0, 0.1) is 6.92 Å². The predicted octanol–water partition coefficient (Wildman–Crippen LogP) is 3.37. The maximum Gasteiger partial charge on any atom is 0.241 e. The molecule has 0 heterocycles. The minimum Gasteiger partial charge on any atom is -0.381 e. The molecule has 2 atom stereocenters. The highest BCUT2D eigenvalue weighted by Gasteiger charge is 2.29. The van der Waals surface area contributed by atoms with Gasteiger partial charge in [0.05, 0.1) is 11.0 Å². The third kappa shape index (κ3) is 3.62. The molecule has 0 radical (unpaired) electrons. The van der Waals surface area contributed by atoms with Crippen LogP contribution in [-0.4, -0.2) is 27.7 Å². The van der Waals surface area contributed by atoms with Crippen molar-refractivity contribution < 1.29 is 13.2 Å². The maximum absolute atomic E-state index is 12.5. The van der Waals surface area contributed by atoms with Crippen molar-refractivity contribution >= 4 is 41.9 Å². The normalized spacial score (nSPS) is 23.2. The lowest BCUT2D eigenvalue weighted by atomic mass is 10.2. The summed E-state index contributed by atoms with van der Waals surface area (Å²) in [5.74, 6) is 0. The number of aryl methyl sites for hydroxylation is 1. The SMILES string of the molecule is COC1CCC(NS(=O)(=O)c2cc(Br)c(C)cc2Br)C1. The highest BCUT2D eigenvalue weighted by Crippen LogP contribution is 2.30. The summed E-state index contributed by atoms with van der Waals surface area (Å²) < 4.78 is 34.3. The lowest BCUT2D eigenvalue weighted by Crippen LogP contribution is -2.33. The molecule has 1 fully saturated rings. The van der Waals surface area contributed by atoms with E-state index in [0.29, 0.717) is 4.47 Å². The van der Waals surface area contributed by atoms with Gasteiger partial charge in [-0.3, -0.25) is 0 Å². The van der Waals surface area contributed by atoms with E-state index in [1.54, 1.807) is 19.2 Å². The minimum atomic E-state index is -3.53. The number of benzene rings is 1. The summed E-state index contributed by atoms with van der Waals surface area (Å²) in [5.41, 5.74) is 0.983. The Hall–Kier alpha value is 0.0500. The van der Waals surface area contributed by atoms with Gasteiger partial charge in [0, 0.05) is 22.1 Å². The number of methoxy groups -OCH3 is 1. The molecule has 2 rings (SSSR count). The van der Waals surface area contributed by atoms with Crippen molar-refractivity contribution in [2.45, 2.75) is 43.2 Å². The van der Waals surface area contributed by atoms with Crippen molar-refractivity contribution in [1.29, 1.82) is 0 Å². The van der Waals surface area contributed by atoms with Crippen molar-refractivity contribution in [1.82, 2.24) is 4.72 Å². The second kappa shape index (κ2) is 6.44. The molecule has 1 aromatic rings. The molecular weight excluding hydrogens is 410 g/mol. The van der Waals surface area contributed by atoms with Gasteiger partial charge in [-0.1, -0.05) is 15.9 Å². The van der Waals surface area contributed by atoms with Gasteiger partial charge in [-0.15, -0.1) is 0 Å². The van der Waals surface area contributed by atoms with E-state index < -0.39 is 10.0 Å². The van der Waals surface area contributed by atoms with Gasteiger partial charge in [-0.05, 0) is 59.8 Å². The van der Waals surface area contributed by atoms with Crippen LogP contribution in [0.1, 0.15) is 24.8 Å². The lowest BCUT2D eigenvalue weighted by Gasteiger charge is -2.15. The number of ether oxygens (including phenoxy) is 1. The van der Waals surface area contributed by atoms with E-state index in [4.69, 9.17) is 4.74 Å². The Morgan fingerprint density at radius 3 is 2.55 bits per heavy atom. The lowest BCUT2D eigenvalue weighted by molar-refractivity contribution is 0.107. The molecule has 1 aromatic carbocycles. The van der Waals surface area contributed by atoms with E-state index in [2.05, 4.69) is 36.6 Å². The standard InChI is InChI=1S/C13H17Br2NO3S/c1-8-5-12(15)13(7-11(8)14)20(17,18)16-9-3-4-10(6-9)19-2/h5,7,9-10,16H,3-4,6H2,1-2H3. The molecule has 1 aliphatic rings. The summed E-state index contributed by atoms with van der Waals surface area (Å²) in [7, 11) is -1.87. The molecule has 0 amide bonds. The van der Waals surface area contributed by atoms with Crippen molar-refractivity contribution in [3.63, 3.8) is 0 Å². The first-order valence-electron chi connectivity index (χ1n) is 6.34. The van der Waals surface area contributed by atoms with E-state index in [9.17, 15) is 8.42 Å². The second-order valence-electron chi connectivity index (χ2n) is 5.02. The number of rotatable bonds is 4. The fourth-order valence-electron chi connectivity index (χ4n) is 2.38. The number of hydrogen-bond donors (Lipinski definition) is 1. The van der Waals surface area contributed by atoms with Gasteiger partial charge in [0.2, 0.25) is 10.0 Å². The van der Waals surface area contributed by atoms with Crippen LogP contribution in [0.3, 0.4) is 0 Å². The Bertz CT molecular complexity index is 604. The number of halogens is 2. The highest BCUT2D eigenvalue weighted by atomic mass is 79.9. The molecule has 112 valence electrons. The van der Waals surface area contributed by atoms with Gasteiger partial charge < -0.3 is 4.74 Å². The maximum atomic E-state index is 12.5. The first kappa shape index (κ1) is 16.4. The second-order valence-corrected chi connectivity index (χ2v) is 8.41. The van der Waals surface area contributed by atoms with Crippen molar-refractivity contribution in [3.8, 4) is 0 Å². The smallest absolute Gasteiger partial charge is 0.241 e. The van der Waals surface area contributed by atoms with Crippen LogP contribution in [0.2, 0.25) is 0 Å². The molecule has 7 heteroatoms. The average Bonchev–Trinajstić information content (AvgIpc) is 2.80. The fraction of sp³-hybridized carbons (Fsp3) is 0.538. The van der Waals surface area contributed by atoms with E-state index in [1.807, 2.05) is 6.92 Å². The summed E-state index contributed by atoms with van der Waals surface area (Å²) in [6, 6.07) is 3.37. The fourth-order valence-corrected chi connectivity index (χ4v) is 5.34. The summed E-state index contributed by atoms with van der Waals surface area (Å²) in [6.45, 7) is 1.92. The number of nitrogens with one attached hydrogen (secondary N) is 1. The molecule has 0 aliphatic heterocycles. The highest BCUT2D eigenvalue weighted by molar-refractivity contribution is 9.11. The summed E-state index contributed by atoms with van der Waals surface area (Å²) in [5, 5.41) is 0. The van der Waals surface area contributed by atoms with Crippen molar-refractivity contribution in [3.05, 3.63) is 26.6 Å². The van der Waals surface area contributed by atoms with E-state index in [1.165, 1.54) is 0 Å². The molecule has 4 nitrogen and oxygen atoms in total. The van der Waals surface area contributed by atoms with Crippen LogP contribution in [0.5, 0.6) is 0 Å². The van der Waals surface area contributed by atoms with Gasteiger partial charge >= 0.3 is 0 Å². The van der Waals surface area contributed by atoms with Gasteiger partial charge in [0.15, 0.2) is 0 Å². The van der Waals surface area contributed by atoms with Crippen LogP contribution >= 0.6 is 31.9 Å². The Kier molecular flexibility index (Phi) is 5.29. The molecule has 1 aliphatic carbocycles. The third-order valence-electron chi connectivity index (χ3n) is 3.54.